The van der Waals surface area contributed by atoms with Crippen LogP contribution in [0.15, 0.2) is 11.0 Å². The van der Waals surface area contributed by atoms with Crippen molar-refractivity contribution in [1.29, 1.82) is 0 Å². The number of primary sulfonamides is 1. The minimum absolute atomic E-state index is 0.108. The van der Waals surface area contributed by atoms with Gasteiger partial charge in [0, 0.05) is 9.75 Å². The van der Waals surface area contributed by atoms with Crippen molar-refractivity contribution in [2.45, 2.75) is 18.4 Å². The average molecular weight is 207 g/mol. The molecule has 0 spiro atoms. The second-order valence-electron chi connectivity index (χ2n) is 2.34. The molecule has 0 radical (unpaired) electrons. The predicted molar refractivity (Wildman–Crippen MR) is 46.4 cm³/mol. The van der Waals surface area contributed by atoms with Gasteiger partial charge in [-0.2, -0.15) is 0 Å². The summed E-state index contributed by atoms with van der Waals surface area (Å²) in [6.45, 7) is 1.50. The highest BCUT2D eigenvalue weighted by Crippen LogP contribution is 2.24. The largest absolute Gasteiger partial charge is 0.391 e. The van der Waals surface area contributed by atoms with E-state index in [9.17, 15) is 8.42 Å². The third-order valence-electron chi connectivity index (χ3n) is 1.39. The van der Waals surface area contributed by atoms with Crippen molar-refractivity contribution >= 4 is 21.4 Å². The molecule has 1 rings (SSSR count). The summed E-state index contributed by atoms with van der Waals surface area (Å²) in [6.07, 6.45) is 0. The van der Waals surface area contributed by atoms with Crippen molar-refractivity contribution in [3.05, 3.63) is 15.8 Å². The van der Waals surface area contributed by atoms with Crippen LogP contribution < -0.4 is 5.14 Å². The molecule has 0 aliphatic heterocycles. The summed E-state index contributed by atoms with van der Waals surface area (Å²) in [7, 11) is -3.62. The van der Waals surface area contributed by atoms with Gasteiger partial charge in [-0.05, 0) is 13.0 Å². The van der Waals surface area contributed by atoms with Gasteiger partial charge in [-0.15, -0.1) is 11.3 Å². The number of thiophene rings is 1. The Bertz CT molecular complexity index is 379. The van der Waals surface area contributed by atoms with Crippen LogP contribution in [0.2, 0.25) is 0 Å². The molecule has 0 aliphatic carbocycles. The van der Waals surface area contributed by atoms with E-state index in [0.717, 1.165) is 0 Å². The molecule has 0 amide bonds. The van der Waals surface area contributed by atoms with Gasteiger partial charge in [0.2, 0.25) is 10.0 Å². The molecule has 0 saturated carbocycles. The molecule has 6 heteroatoms. The number of aryl methyl sites for hydroxylation is 1. The van der Waals surface area contributed by atoms with Gasteiger partial charge in [-0.25, -0.2) is 13.6 Å². The first kappa shape index (κ1) is 9.66. The molecule has 0 aromatic carbocycles. The van der Waals surface area contributed by atoms with Crippen LogP contribution >= 0.6 is 11.3 Å². The zero-order chi connectivity index (χ0) is 9.35. The number of hydrogen-bond acceptors (Lipinski definition) is 4. The first-order valence-electron chi connectivity index (χ1n) is 3.18. The van der Waals surface area contributed by atoms with Crippen LogP contribution in [0.5, 0.6) is 0 Å². The Morgan fingerprint density at radius 3 is 2.50 bits per heavy atom. The highest BCUT2D eigenvalue weighted by Gasteiger charge is 2.14. The average Bonchev–Trinajstić information content (AvgIpc) is 2.29. The Hall–Kier alpha value is -0.430. The molecule has 0 fully saturated rings. The first-order valence-corrected chi connectivity index (χ1v) is 5.54. The molecular formula is C6H9NO3S2. The minimum atomic E-state index is -3.62. The lowest BCUT2D eigenvalue weighted by molar-refractivity contribution is 0.285. The van der Waals surface area contributed by atoms with Crippen molar-refractivity contribution in [1.82, 2.24) is 0 Å². The monoisotopic (exact) mass is 207 g/mol. The quantitative estimate of drug-likeness (QED) is 0.726. The van der Waals surface area contributed by atoms with Gasteiger partial charge in [0.1, 0.15) is 0 Å². The fraction of sp³-hybridized carbons (Fsp3) is 0.333. The molecule has 0 unspecified atom stereocenters. The van der Waals surface area contributed by atoms with Crippen molar-refractivity contribution in [3.8, 4) is 0 Å². The van der Waals surface area contributed by atoms with Crippen LogP contribution in [0.1, 0.15) is 9.75 Å². The summed E-state index contributed by atoms with van der Waals surface area (Å²) in [4.78, 5) is 1.33. The smallest absolute Gasteiger partial charge is 0.239 e. The van der Waals surface area contributed by atoms with E-state index in [1.165, 1.54) is 17.4 Å². The predicted octanol–water partition coefficient (Wildman–Crippen LogP) is 0.196. The van der Waals surface area contributed by atoms with Crippen LogP contribution in [0.4, 0.5) is 0 Å². The third kappa shape index (κ3) is 1.84. The number of rotatable bonds is 2. The van der Waals surface area contributed by atoms with E-state index in [1.54, 1.807) is 6.92 Å². The van der Waals surface area contributed by atoms with Gasteiger partial charge in [-0.3, -0.25) is 0 Å². The maximum Gasteiger partial charge on any atom is 0.239 e. The van der Waals surface area contributed by atoms with Crippen LogP contribution in [-0.2, 0) is 16.6 Å². The van der Waals surface area contributed by atoms with E-state index in [2.05, 4.69) is 0 Å². The maximum atomic E-state index is 10.9. The molecule has 1 aromatic heterocycles. The van der Waals surface area contributed by atoms with Crippen molar-refractivity contribution in [2.24, 2.45) is 5.14 Å². The van der Waals surface area contributed by atoms with Crippen LogP contribution in [0.25, 0.3) is 0 Å². The topological polar surface area (TPSA) is 80.4 Å². The Kier molecular flexibility index (Phi) is 2.52. The molecule has 0 bridgehead atoms. The second-order valence-corrected chi connectivity index (χ2v) is 5.21. The fourth-order valence-electron chi connectivity index (χ4n) is 0.885. The normalized spacial score (nSPS) is 11.9. The van der Waals surface area contributed by atoms with Crippen molar-refractivity contribution in [3.63, 3.8) is 0 Å². The third-order valence-corrected chi connectivity index (χ3v) is 3.59. The van der Waals surface area contributed by atoms with Gasteiger partial charge in [-0.1, -0.05) is 0 Å². The zero-order valence-corrected chi connectivity index (χ0v) is 8.08. The van der Waals surface area contributed by atoms with Gasteiger partial charge in [0.25, 0.3) is 0 Å². The molecule has 0 aliphatic rings. The molecule has 3 N–H and O–H groups in total. The fourth-order valence-corrected chi connectivity index (χ4v) is 2.93. The summed E-state index contributed by atoms with van der Waals surface area (Å²) in [6, 6.07) is 1.40. The number of aliphatic hydroxyl groups excluding tert-OH is 1. The number of aliphatic hydroxyl groups is 1. The van der Waals surface area contributed by atoms with E-state index < -0.39 is 10.0 Å². The lowest BCUT2D eigenvalue weighted by Crippen LogP contribution is -2.12. The van der Waals surface area contributed by atoms with E-state index in [0.29, 0.717) is 9.75 Å². The molecule has 4 nitrogen and oxygen atoms in total. The molecule has 12 heavy (non-hydrogen) atoms. The van der Waals surface area contributed by atoms with Crippen molar-refractivity contribution in [2.75, 3.05) is 0 Å². The van der Waals surface area contributed by atoms with Gasteiger partial charge in [0.05, 0.1) is 11.5 Å². The SMILES string of the molecule is Cc1sc(CO)cc1S(N)(=O)=O. The Labute approximate surface area is 74.7 Å². The summed E-state index contributed by atoms with van der Waals surface area (Å²) < 4.78 is 21.8. The second kappa shape index (κ2) is 3.14. The van der Waals surface area contributed by atoms with E-state index in [-0.39, 0.29) is 11.5 Å². The Morgan fingerprint density at radius 1 is 1.67 bits per heavy atom. The number of sulfonamides is 1. The molecule has 1 heterocycles. The molecular weight excluding hydrogens is 198 g/mol. The minimum Gasteiger partial charge on any atom is -0.391 e. The molecule has 0 atom stereocenters. The molecule has 68 valence electrons. The van der Waals surface area contributed by atoms with Crippen molar-refractivity contribution < 1.29 is 13.5 Å². The maximum absolute atomic E-state index is 10.9. The lowest BCUT2D eigenvalue weighted by atomic mass is 10.4. The summed E-state index contributed by atoms with van der Waals surface area (Å²) in [5.41, 5.74) is 0. The van der Waals surface area contributed by atoms with Gasteiger partial charge in [0.15, 0.2) is 0 Å². The zero-order valence-electron chi connectivity index (χ0n) is 6.44. The highest BCUT2D eigenvalue weighted by molar-refractivity contribution is 7.89. The standard InChI is InChI=1S/C6H9NO3S2/c1-4-6(12(7,9)10)2-5(3-8)11-4/h2,8H,3H2,1H3,(H2,7,9,10). The van der Waals surface area contributed by atoms with Gasteiger partial charge >= 0.3 is 0 Å². The highest BCUT2D eigenvalue weighted by atomic mass is 32.2. The summed E-state index contributed by atoms with van der Waals surface area (Å²) in [5, 5.41) is 13.6. The van der Waals surface area contributed by atoms with Crippen LogP contribution in [0, 0.1) is 6.92 Å². The Morgan fingerprint density at radius 2 is 2.25 bits per heavy atom. The molecule has 1 aromatic rings. The summed E-state index contributed by atoms with van der Waals surface area (Å²) in [5.74, 6) is 0. The van der Waals surface area contributed by atoms with E-state index in [4.69, 9.17) is 10.2 Å². The lowest BCUT2D eigenvalue weighted by Gasteiger charge is -1.92. The van der Waals surface area contributed by atoms with Crippen LogP contribution in [0.3, 0.4) is 0 Å². The molecule has 0 saturated heterocycles. The summed E-state index contributed by atoms with van der Waals surface area (Å²) >= 11 is 1.23. The number of nitrogens with two attached hydrogens (primary N) is 1. The first-order chi connectivity index (χ1) is 5.45. The van der Waals surface area contributed by atoms with E-state index >= 15 is 0 Å². The Balaban J connectivity index is 3.27. The van der Waals surface area contributed by atoms with Gasteiger partial charge < -0.3 is 5.11 Å². The van der Waals surface area contributed by atoms with Crippen LogP contribution in [-0.4, -0.2) is 13.5 Å². The number of hydrogen-bond donors (Lipinski definition) is 2. The van der Waals surface area contributed by atoms with E-state index in [1.807, 2.05) is 0 Å².